The Labute approximate surface area is 313 Å². The number of phosphoric ester groups is 1. The maximum atomic E-state index is 12.6. The van der Waals surface area contributed by atoms with Gasteiger partial charge in [-0.1, -0.05) is 141 Å². The van der Waals surface area contributed by atoms with Gasteiger partial charge in [-0.3, -0.25) is 18.6 Å². The number of hydrogen-bond acceptors (Lipinski definition) is 7. The molecule has 2 atom stereocenters. The van der Waals surface area contributed by atoms with Gasteiger partial charge in [-0.25, -0.2) is 4.57 Å². The molecule has 0 amide bonds. The van der Waals surface area contributed by atoms with Crippen molar-refractivity contribution in [2.24, 2.45) is 0 Å². The van der Waals surface area contributed by atoms with E-state index in [4.69, 9.17) is 18.5 Å². The van der Waals surface area contributed by atoms with Crippen molar-refractivity contribution in [3.05, 3.63) is 24.3 Å². The number of unbranched alkanes of at least 4 members (excludes halogenated alkanes) is 19. The molecule has 0 aromatic rings. The van der Waals surface area contributed by atoms with Crippen LogP contribution in [0, 0.1) is 0 Å². The van der Waals surface area contributed by atoms with Crippen molar-refractivity contribution in [3.8, 4) is 0 Å². The molecule has 0 aliphatic rings. The summed E-state index contributed by atoms with van der Waals surface area (Å²) >= 11 is 0. The number of carbonyl (C=O) groups is 2. The lowest BCUT2D eigenvalue weighted by Gasteiger charge is -2.24. The second kappa shape index (κ2) is 34.3. The van der Waals surface area contributed by atoms with Crippen molar-refractivity contribution in [2.75, 3.05) is 47.5 Å². The van der Waals surface area contributed by atoms with Crippen LogP contribution in [-0.2, 0) is 32.7 Å². The van der Waals surface area contributed by atoms with Crippen LogP contribution in [0.1, 0.15) is 174 Å². The first kappa shape index (κ1) is 49.5. The van der Waals surface area contributed by atoms with Gasteiger partial charge in [-0.05, 0) is 44.9 Å². The van der Waals surface area contributed by atoms with E-state index in [0.717, 1.165) is 44.9 Å². The number of nitrogens with zero attached hydrogens (tertiary/aromatic N) is 1. The van der Waals surface area contributed by atoms with Crippen molar-refractivity contribution in [1.29, 1.82) is 0 Å². The summed E-state index contributed by atoms with van der Waals surface area (Å²) in [6.07, 6.45) is 35.2. The Morgan fingerprint density at radius 2 is 1.06 bits per heavy atom. The molecule has 0 rings (SSSR count). The lowest BCUT2D eigenvalue weighted by atomic mass is 10.1. The Hall–Kier alpha value is -1.51. The smallest absolute Gasteiger partial charge is 0.462 e. The summed E-state index contributed by atoms with van der Waals surface area (Å²) in [7, 11) is 1.47. The lowest BCUT2D eigenvalue weighted by molar-refractivity contribution is -0.870. The molecule has 1 N–H and O–H groups in total. The zero-order chi connectivity index (χ0) is 37.9. The average molecular weight is 745 g/mol. The molecule has 0 aromatic heterocycles. The van der Waals surface area contributed by atoms with Crippen LogP contribution in [0.2, 0.25) is 0 Å². The summed E-state index contributed by atoms with van der Waals surface area (Å²) in [6.45, 7) is 4.36. The fourth-order valence-corrected chi connectivity index (χ4v) is 6.20. The zero-order valence-corrected chi connectivity index (χ0v) is 34.5. The van der Waals surface area contributed by atoms with Gasteiger partial charge < -0.3 is 18.9 Å². The van der Waals surface area contributed by atoms with Crippen LogP contribution in [-0.4, -0.2) is 74.9 Å². The van der Waals surface area contributed by atoms with E-state index in [0.29, 0.717) is 17.4 Å². The van der Waals surface area contributed by atoms with Crippen LogP contribution in [0.5, 0.6) is 0 Å². The predicted octanol–water partition coefficient (Wildman–Crippen LogP) is 11.2. The molecule has 300 valence electrons. The Morgan fingerprint density at radius 3 is 1.59 bits per heavy atom. The normalized spacial score (nSPS) is 13.9. The van der Waals surface area contributed by atoms with Gasteiger partial charge in [-0.15, -0.1) is 0 Å². The van der Waals surface area contributed by atoms with Crippen molar-refractivity contribution < 1.29 is 42.1 Å². The number of likely N-dealkylation sites (N-methyl/N-ethyl adjacent to an activating group) is 1. The highest BCUT2D eigenvalue weighted by molar-refractivity contribution is 7.47. The highest BCUT2D eigenvalue weighted by atomic mass is 31.2. The summed E-state index contributed by atoms with van der Waals surface area (Å²) in [5.41, 5.74) is 0. The van der Waals surface area contributed by atoms with Crippen LogP contribution < -0.4 is 0 Å². The fourth-order valence-electron chi connectivity index (χ4n) is 5.45. The van der Waals surface area contributed by atoms with E-state index in [1.807, 2.05) is 21.1 Å². The SMILES string of the molecule is CCCCC/C=C/C/C=C/CCCCCCCCCCCC(=O)O[C@H](COC(=O)CCCCCCCCCC)COP(=O)(O)OCC[N+](C)(C)C. The van der Waals surface area contributed by atoms with E-state index in [1.54, 1.807) is 0 Å². The highest BCUT2D eigenvalue weighted by Crippen LogP contribution is 2.43. The van der Waals surface area contributed by atoms with Crippen LogP contribution in [0.25, 0.3) is 0 Å². The molecule has 0 saturated heterocycles. The number of carbonyl (C=O) groups excluding carboxylic acids is 2. The molecule has 0 aliphatic heterocycles. The first-order valence-corrected chi connectivity index (χ1v) is 22.1. The van der Waals surface area contributed by atoms with Crippen LogP contribution in [0.15, 0.2) is 24.3 Å². The number of phosphoric acid groups is 1. The average Bonchev–Trinajstić information content (AvgIpc) is 3.07. The molecular formula is C41H79NO8P+. The van der Waals surface area contributed by atoms with Gasteiger partial charge in [0.05, 0.1) is 27.7 Å². The van der Waals surface area contributed by atoms with Crippen LogP contribution >= 0.6 is 7.82 Å². The number of quaternary nitrogens is 1. The maximum Gasteiger partial charge on any atom is 0.472 e. The minimum atomic E-state index is -4.36. The summed E-state index contributed by atoms with van der Waals surface area (Å²) in [4.78, 5) is 35.1. The summed E-state index contributed by atoms with van der Waals surface area (Å²) in [5, 5.41) is 0. The zero-order valence-electron chi connectivity index (χ0n) is 33.6. The molecule has 0 aliphatic carbocycles. The molecule has 9 nitrogen and oxygen atoms in total. The van der Waals surface area contributed by atoms with Gasteiger partial charge in [-0.2, -0.15) is 0 Å². The van der Waals surface area contributed by atoms with Gasteiger partial charge in [0.25, 0.3) is 0 Å². The van der Waals surface area contributed by atoms with E-state index in [2.05, 4.69) is 38.2 Å². The number of ether oxygens (including phenoxy) is 2. The number of hydrogen-bond donors (Lipinski definition) is 1. The topological polar surface area (TPSA) is 108 Å². The third-order valence-electron chi connectivity index (χ3n) is 8.73. The van der Waals surface area contributed by atoms with Crippen LogP contribution in [0.4, 0.5) is 0 Å². The van der Waals surface area contributed by atoms with Crippen LogP contribution in [0.3, 0.4) is 0 Å². The van der Waals surface area contributed by atoms with E-state index in [-0.39, 0.29) is 32.0 Å². The summed E-state index contributed by atoms with van der Waals surface area (Å²) in [6, 6.07) is 0. The maximum absolute atomic E-state index is 12.6. The van der Waals surface area contributed by atoms with Gasteiger partial charge in [0.2, 0.25) is 0 Å². The van der Waals surface area contributed by atoms with E-state index < -0.39 is 26.5 Å². The summed E-state index contributed by atoms with van der Waals surface area (Å²) < 4.78 is 34.1. The Balaban J connectivity index is 4.30. The third-order valence-corrected chi connectivity index (χ3v) is 9.72. The number of esters is 2. The molecule has 0 aromatic carbocycles. The fraction of sp³-hybridized carbons (Fsp3) is 0.854. The Kier molecular flexibility index (Phi) is 33.3. The molecule has 10 heteroatoms. The molecular weight excluding hydrogens is 665 g/mol. The second-order valence-corrected chi connectivity index (χ2v) is 16.5. The molecule has 51 heavy (non-hydrogen) atoms. The van der Waals surface area contributed by atoms with Crippen molar-refractivity contribution >= 4 is 19.8 Å². The number of allylic oxidation sites excluding steroid dienone is 4. The van der Waals surface area contributed by atoms with Gasteiger partial charge >= 0.3 is 19.8 Å². The monoisotopic (exact) mass is 745 g/mol. The molecule has 0 saturated carbocycles. The van der Waals surface area contributed by atoms with Crippen molar-refractivity contribution in [3.63, 3.8) is 0 Å². The molecule has 0 spiro atoms. The molecule has 0 bridgehead atoms. The highest BCUT2D eigenvalue weighted by Gasteiger charge is 2.27. The third kappa shape index (κ3) is 38.0. The van der Waals surface area contributed by atoms with Crippen molar-refractivity contribution in [2.45, 2.75) is 180 Å². The Morgan fingerprint density at radius 1 is 0.608 bits per heavy atom. The Bertz CT molecular complexity index is 933. The second-order valence-electron chi connectivity index (χ2n) is 15.0. The number of rotatable bonds is 37. The minimum Gasteiger partial charge on any atom is -0.462 e. The van der Waals surface area contributed by atoms with Gasteiger partial charge in [0, 0.05) is 12.8 Å². The molecule has 1 unspecified atom stereocenters. The van der Waals surface area contributed by atoms with Crippen molar-refractivity contribution in [1.82, 2.24) is 0 Å². The molecule has 0 heterocycles. The summed E-state index contributed by atoms with van der Waals surface area (Å²) in [5.74, 6) is -0.805. The van der Waals surface area contributed by atoms with E-state index >= 15 is 0 Å². The predicted molar refractivity (Wildman–Crippen MR) is 211 cm³/mol. The minimum absolute atomic E-state index is 0.0322. The van der Waals surface area contributed by atoms with E-state index in [1.165, 1.54) is 96.3 Å². The molecule has 0 radical (unpaired) electrons. The quantitative estimate of drug-likeness (QED) is 0.0220. The lowest BCUT2D eigenvalue weighted by Crippen LogP contribution is -2.37. The van der Waals surface area contributed by atoms with Gasteiger partial charge in [0.1, 0.15) is 19.8 Å². The standard InChI is InChI=1S/C41H78NO8P/c1-6-8-10-12-14-16-17-18-19-20-21-22-23-24-25-26-28-30-32-34-41(44)50-39(38-49-51(45,46)48-36-35-42(3,4)5)37-47-40(43)33-31-29-27-15-13-11-9-7-2/h14,16,18-19,39H,6-13,15,17,20-38H2,1-5H3/p+1/b16-14+,19-18+/t39-/m1/s1. The van der Waals surface area contributed by atoms with Gasteiger partial charge in [0.15, 0.2) is 6.10 Å². The molecule has 0 fully saturated rings. The first-order chi connectivity index (χ1) is 24.5. The first-order valence-electron chi connectivity index (χ1n) is 20.6. The largest absolute Gasteiger partial charge is 0.472 e. The van der Waals surface area contributed by atoms with E-state index in [9.17, 15) is 19.0 Å².